The van der Waals surface area contributed by atoms with E-state index in [-0.39, 0.29) is 12.5 Å². The Balaban J connectivity index is 1.30. The quantitative estimate of drug-likeness (QED) is 0.530. The molecule has 0 saturated carbocycles. The zero-order chi connectivity index (χ0) is 25.0. The number of amides is 2. The molecule has 186 valence electrons. The Labute approximate surface area is 213 Å². The van der Waals surface area contributed by atoms with Crippen LogP contribution in [0.5, 0.6) is 0 Å². The average Bonchev–Trinajstić information content (AvgIpc) is 3.17. The Morgan fingerprint density at radius 1 is 0.833 bits per heavy atom. The van der Waals surface area contributed by atoms with Crippen molar-refractivity contribution in [2.75, 3.05) is 37.7 Å². The first kappa shape index (κ1) is 24.1. The number of benzene rings is 3. The molecule has 2 heterocycles. The lowest BCUT2D eigenvalue weighted by atomic mass is 9.84. The van der Waals surface area contributed by atoms with Gasteiger partial charge in [-0.05, 0) is 49.1 Å². The summed E-state index contributed by atoms with van der Waals surface area (Å²) in [5.41, 5.74) is 8.52. The number of hydrogen-bond acceptors (Lipinski definition) is 4. The van der Waals surface area contributed by atoms with Crippen LogP contribution in [0, 0.1) is 0 Å². The van der Waals surface area contributed by atoms with Crippen molar-refractivity contribution in [3.8, 4) is 0 Å². The molecule has 5 rings (SSSR count). The molecule has 3 aromatic rings. The van der Waals surface area contributed by atoms with Crippen LogP contribution in [-0.4, -0.2) is 60.0 Å². The Hall–Kier alpha value is -3.64. The van der Waals surface area contributed by atoms with Crippen LogP contribution >= 0.6 is 0 Å². The monoisotopic (exact) mass is 482 g/mol. The van der Waals surface area contributed by atoms with Crippen molar-refractivity contribution in [3.05, 3.63) is 102 Å². The van der Waals surface area contributed by atoms with E-state index in [9.17, 15) is 9.59 Å². The first-order chi connectivity index (χ1) is 17.6. The van der Waals surface area contributed by atoms with Gasteiger partial charge in [-0.2, -0.15) is 0 Å². The van der Waals surface area contributed by atoms with E-state index in [4.69, 9.17) is 5.73 Å². The van der Waals surface area contributed by atoms with Crippen LogP contribution in [-0.2, 0) is 9.59 Å². The molecule has 0 bridgehead atoms. The van der Waals surface area contributed by atoms with E-state index in [2.05, 4.69) is 70.5 Å². The van der Waals surface area contributed by atoms with Crippen molar-refractivity contribution in [2.24, 2.45) is 5.73 Å². The third kappa shape index (κ3) is 4.86. The largest absolute Gasteiger partial charge is 0.368 e. The number of primary amides is 1. The van der Waals surface area contributed by atoms with Gasteiger partial charge >= 0.3 is 0 Å². The van der Waals surface area contributed by atoms with Gasteiger partial charge in [-0.3, -0.25) is 9.59 Å². The number of nitrogens with two attached hydrogens (primary N) is 1. The first-order valence-electron chi connectivity index (χ1n) is 12.8. The fourth-order valence-corrected chi connectivity index (χ4v) is 5.87. The molecule has 1 spiro atoms. The number of piperidine rings is 1. The number of hydrogen-bond donors (Lipinski definition) is 1. The van der Waals surface area contributed by atoms with Gasteiger partial charge in [0.1, 0.15) is 12.1 Å². The van der Waals surface area contributed by atoms with Gasteiger partial charge in [0.15, 0.2) is 0 Å². The number of anilines is 1. The molecule has 6 nitrogen and oxygen atoms in total. The predicted octanol–water partition coefficient (Wildman–Crippen LogP) is 3.83. The topological polar surface area (TPSA) is 69.9 Å². The molecule has 0 radical (unpaired) electrons. The zero-order valence-electron chi connectivity index (χ0n) is 20.6. The number of rotatable bonds is 8. The second-order valence-corrected chi connectivity index (χ2v) is 9.91. The minimum Gasteiger partial charge on any atom is -0.368 e. The highest BCUT2D eigenvalue weighted by atomic mass is 16.2. The van der Waals surface area contributed by atoms with Crippen molar-refractivity contribution in [2.45, 2.75) is 30.7 Å². The van der Waals surface area contributed by atoms with Gasteiger partial charge in [-0.15, -0.1) is 0 Å². The molecule has 0 atom stereocenters. The summed E-state index contributed by atoms with van der Waals surface area (Å²) in [5, 5.41) is 0. The number of para-hydroxylation sites is 1. The molecule has 2 amide bonds. The van der Waals surface area contributed by atoms with Gasteiger partial charge in [0.05, 0.1) is 6.67 Å². The third-order valence-corrected chi connectivity index (χ3v) is 7.75. The molecule has 2 aliphatic rings. The molecule has 0 unspecified atom stereocenters. The van der Waals surface area contributed by atoms with Crippen molar-refractivity contribution in [1.82, 2.24) is 9.80 Å². The van der Waals surface area contributed by atoms with Crippen LogP contribution in [0.25, 0.3) is 0 Å². The van der Waals surface area contributed by atoms with E-state index >= 15 is 0 Å². The van der Waals surface area contributed by atoms with Crippen molar-refractivity contribution < 1.29 is 9.59 Å². The fraction of sp³-hybridized carbons (Fsp3) is 0.333. The van der Waals surface area contributed by atoms with Crippen molar-refractivity contribution in [1.29, 1.82) is 0 Å². The highest BCUT2D eigenvalue weighted by Crippen LogP contribution is 2.39. The second-order valence-electron chi connectivity index (χ2n) is 9.91. The molecule has 2 aliphatic heterocycles. The van der Waals surface area contributed by atoms with Gasteiger partial charge in [0.2, 0.25) is 11.8 Å². The summed E-state index contributed by atoms with van der Waals surface area (Å²) in [6.07, 6.45) is 2.49. The number of likely N-dealkylation sites (tertiary alicyclic amines) is 1. The molecule has 2 saturated heterocycles. The van der Waals surface area contributed by atoms with Crippen molar-refractivity contribution >= 4 is 17.5 Å². The Bertz CT molecular complexity index is 1120. The molecule has 2 fully saturated rings. The zero-order valence-corrected chi connectivity index (χ0v) is 20.6. The molecule has 6 heteroatoms. The first-order valence-corrected chi connectivity index (χ1v) is 12.8. The lowest BCUT2D eigenvalue weighted by Crippen LogP contribution is -2.56. The van der Waals surface area contributed by atoms with Crippen LogP contribution in [0.1, 0.15) is 36.3 Å². The van der Waals surface area contributed by atoms with E-state index < -0.39 is 11.4 Å². The van der Waals surface area contributed by atoms with Gasteiger partial charge in [-0.1, -0.05) is 78.9 Å². The van der Waals surface area contributed by atoms with Gasteiger partial charge in [0.25, 0.3) is 0 Å². The van der Waals surface area contributed by atoms with E-state index in [0.717, 1.165) is 44.6 Å². The molecule has 2 N–H and O–H groups in total. The van der Waals surface area contributed by atoms with Crippen LogP contribution in [0.4, 0.5) is 5.69 Å². The number of carbonyl (C=O) groups excluding carboxylic acids is 2. The van der Waals surface area contributed by atoms with Crippen LogP contribution in [0.15, 0.2) is 91.0 Å². The average molecular weight is 483 g/mol. The lowest BCUT2D eigenvalue weighted by Gasteiger charge is -2.43. The summed E-state index contributed by atoms with van der Waals surface area (Å²) in [4.78, 5) is 31.5. The molecule has 3 aromatic carbocycles. The van der Waals surface area contributed by atoms with Gasteiger partial charge < -0.3 is 20.4 Å². The fourth-order valence-electron chi connectivity index (χ4n) is 5.87. The van der Waals surface area contributed by atoms with E-state index in [1.807, 2.05) is 30.3 Å². The van der Waals surface area contributed by atoms with E-state index in [0.29, 0.717) is 12.6 Å². The Morgan fingerprint density at radius 2 is 1.36 bits per heavy atom. The highest BCUT2D eigenvalue weighted by molar-refractivity contribution is 5.96. The summed E-state index contributed by atoms with van der Waals surface area (Å²) in [6.45, 7) is 3.01. The van der Waals surface area contributed by atoms with Crippen LogP contribution in [0.2, 0.25) is 0 Å². The van der Waals surface area contributed by atoms with Gasteiger partial charge in [0, 0.05) is 24.7 Å². The standard InChI is InChI=1S/C30H34N4O2/c31-28(35)22-33-23-34(26-14-8-3-9-15-26)30(29(33)36)17-20-32(21-18-30)19-16-27(24-10-4-1-5-11-24)25-12-6-2-7-13-25/h1-15,27H,16-23H2,(H2,31,35). The SMILES string of the molecule is NC(=O)CN1CN(c2ccccc2)C2(CCN(CCC(c3ccccc3)c3ccccc3)CC2)C1=O. The third-order valence-electron chi connectivity index (χ3n) is 7.75. The molecule has 0 aliphatic carbocycles. The lowest BCUT2D eigenvalue weighted by molar-refractivity contribution is -0.136. The summed E-state index contributed by atoms with van der Waals surface area (Å²) in [6, 6.07) is 31.5. The minimum absolute atomic E-state index is 0.0243. The maximum absolute atomic E-state index is 13.6. The van der Waals surface area contributed by atoms with E-state index in [1.165, 1.54) is 11.1 Å². The second kappa shape index (κ2) is 10.5. The van der Waals surface area contributed by atoms with Gasteiger partial charge in [-0.25, -0.2) is 0 Å². The molecule has 0 aromatic heterocycles. The number of nitrogens with zero attached hydrogens (tertiary/aromatic N) is 3. The molecular formula is C30H34N4O2. The smallest absolute Gasteiger partial charge is 0.250 e. The van der Waals surface area contributed by atoms with E-state index in [1.54, 1.807) is 4.90 Å². The van der Waals surface area contributed by atoms with Crippen LogP contribution in [0.3, 0.4) is 0 Å². The highest BCUT2D eigenvalue weighted by Gasteiger charge is 2.53. The summed E-state index contributed by atoms with van der Waals surface area (Å²) >= 11 is 0. The molecule has 36 heavy (non-hydrogen) atoms. The normalized spacial score (nSPS) is 17.8. The maximum Gasteiger partial charge on any atom is 0.250 e. The Kier molecular flexibility index (Phi) is 7.05. The maximum atomic E-state index is 13.6. The summed E-state index contributed by atoms with van der Waals surface area (Å²) in [5.74, 6) is -0.113. The van der Waals surface area contributed by atoms with Crippen molar-refractivity contribution in [3.63, 3.8) is 0 Å². The Morgan fingerprint density at radius 3 is 1.89 bits per heavy atom. The minimum atomic E-state index is -0.619. The van der Waals surface area contributed by atoms with Crippen LogP contribution < -0.4 is 10.6 Å². The molecular weight excluding hydrogens is 448 g/mol. The summed E-state index contributed by atoms with van der Waals surface area (Å²) in [7, 11) is 0. The number of carbonyl (C=O) groups is 2. The summed E-state index contributed by atoms with van der Waals surface area (Å²) < 4.78 is 0. The predicted molar refractivity (Wildman–Crippen MR) is 142 cm³/mol.